The van der Waals surface area contributed by atoms with Crippen LogP contribution in [-0.2, 0) is 32.4 Å². The van der Waals surface area contributed by atoms with Gasteiger partial charge in [0.15, 0.2) is 0 Å². The lowest BCUT2D eigenvalue weighted by Crippen LogP contribution is -2.26. The van der Waals surface area contributed by atoms with Crippen molar-refractivity contribution in [3.05, 3.63) is 71.8 Å². The highest BCUT2D eigenvalue weighted by atomic mass is 17.2. The van der Waals surface area contributed by atoms with Crippen molar-refractivity contribution in [3.63, 3.8) is 0 Å². The quantitative estimate of drug-likeness (QED) is 0.141. The second-order valence-electron chi connectivity index (χ2n) is 8.54. The molecule has 0 aliphatic rings. The standard InChI is InChI=1S/C28H40N2O6/c31-27(35-33-23-13-9-19-25-15-5-3-6-16-25)29-21-11-1-2-12-22-30-28(32)36-34-24-14-10-20-26-17-7-4-8-18-26/h3-8,15-18H,1-2,9-14,19-24H2,(H,29,31)(H,30,32). The monoisotopic (exact) mass is 500 g/mol. The largest absolute Gasteiger partial charge is 0.438 e. The number of rotatable bonds is 19. The topological polar surface area (TPSA) is 95.1 Å². The molecule has 8 nitrogen and oxygen atoms in total. The fraction of sp³-hybridized carbons (Fsp3) is 0.500. The van der Waals surface area contributed by atoms with E-state index in [0.717, 1.165) is 64.2 Å². The number of amides is 2. The maximum atomic E-state index is 11.6. The van der Waals surface area contributed by atoms with Crippen LogP contribution in [0.4, 0.5) is 9.59 Å². The van der Waals surface area contributed by atoms with Crippen molar-refractivity contribution >= 4 is 12.2 Å². The first kappa shape index (κ1) is 29.1. The van der Waals surface area contributed by atoms with Crippen LogP contribution in [0.25, 0.3) is 0 Å². The average molecular weight is 501 g/mol. The SMILES string of the molecule is O=C(NCCCCCCNC(=O)OOCCCCc1ccccc1)OOCCCCc1ccccc1. The number of hydrogen-bond acceptors (Lipinski definition) is 6. The first-order valence-electron chi connectivity index (χ1n) is 13.0. The fourth-order valence-corrected chi connectivity index (χ4v) is 3.50. The zero-order valence-electron chi connectivity index (χ0n) is 21.1. The fourth-order valence-electron chi connectivity index (χ4n) is 3.50. The second kappa shape index (κ2) is 20.1. The smallest absolute Gasteiger partial charge is 0.319 e. The third-order valence-electron chi connectivity index (χ3n) is 5.48. The van der Waals surface area contributed by atoms with E-state index >= 15 is 0 Å². The molecule has 2 N–H and O–H groups in total. The summed E-state index contributed by atoms with van der Waals surface area (Å²) in [6.07, 6.45) is 7.93. The Bertz CT molecular complexity index is 750. The number of unbranched alkanes of at least 4 members (excludes halogenated alkanes) is 5. The number of carbonyl (C=O) groups excluding carboxylic acids is 2. The average Bonchev–Trinajstić information content (AvgIpc) is 2.90. The van der Waals surface area contributed by atoms with Crippen LogP contribution in [0.1, 0.15) is 62.5 Å². The summed E-state index contributed by atoms with van der Waals surface area (Å²) in [5, 5.41) is 5.33. The van der Waals surface area contributed by atoms with Crippen molar-refractivity contribution in [2.75, 3.05) is 26.3 Å². The van der Waals surface area contributed by atoms with Gasteiger partial charge in [0.05, 0.1) is 13.2 Å². The van der Waals surface area contributed by atoms with Gasteiger partial charge < -0.3 is 10.6 Å². The van der Waals surface area contributed by atoms with Gasteiger partial charge in [-0.1, -0.05) is 73.5 Å². The van der Waals surface area contributed by atoms with Gasteiger partial charge in [-0.15, -0.1) is 0 Å². The van der Waals surface area contributed by atoms with Gasteiger partial charge in [0.2, 0.25) is 0 Å². The molecule has 36 heavy (non-hydrogen) atoms. The van der Waals surface area contributed by atoms with E-state index in [2.05, 4.69) is 34.9 Å². The summed E-state index contributed by atoms with van der Waals surface area (Å²) in [4.78, 5) is 42.5. The van der Waals surface area contributed by atoms with Crippen LogP contribution in [0.15, 0.2) is 60.7 Å². The van der Waals surface area contributed by atoms with Gasteiger partial charge in [-0.05, 0) is 62.5 Å². The molecule has 0 radical (unpaired) electrons. The predicted octanol–water partition coefficient (Wildman–Crippen LogP) is 5.91. The maximum Gasteiger partial charge on any atom is 0.438 e. The first-order valence-corrected chi connectivity index (χ1v) is 13.0. The van der Waals surface area contributed by atoms with Crippen LogP contribution in [0, 0.1) is 0 Å². The molecular weight excluding hydrogens is 460 g/mol. The molecule has 0 unspecified atom stereocenters. The van der Waals surface area contributed by atoms with E-state index in [1.165, 1.54) is 11.1 Å². The Morgan fingerprint density at radius 2 is 0.944 bits per heavy atom. The van der Waals surface area contributed by atoms with Crippen molar-refractivity contribution in [2.45, 2.75) is 64.2 Å². The first-order chi connectivity index (χ1) is 17.7. The Hall–Kier alpha value is -3.10. The summed E-state index contributed by atoms with van der Waals surface area (Å²) in [6.45, 7) is 1.80. The van der Waals surface area contributed by atoms with Crippen molar-refractivity contribution in [1.29, 1.82) is 0 Å². The molecule has 2 amide bonds. The summed E-state index contributed by atoms with van der Waals surface area (Å²) in [5.74, 6) is 0. The zero-order chi connectivity index (χ0) is 25.5. The Balaban J connectivity index is 1.28. The van der Waals surface area contributed by atoms with E-state index in [1.54, 1.807) is 0 Å². The molecule has 0 fully saturated rings. The van der Waals surface area contributed by atoms with Crippen molar-refractivity contribution < 1.29 is 29.1 Å². The van der Waals surface area contributed by atoms with Crippen LogP contribution in [0.5, 0.6) is 0 Å². The van der Waals surface area contributed by atoms with Crippen LogP contribution in [-0.4, -0.2) is 38.5 Å². The summed E-state index contributed by atoms with van der Waals surface area (Å²) in [5.41, 5.74) is 2.59. The molecule has 2 aromatic rings. The van der Waals surface area contributed by atoms with Gasteiger partial charge in [-0.2, -0.15) is 9.78 Å². The van der Waals surface area contributed by atoms with Crippen LogP contribution >= 0.6 is 0 Å². The highest BCUT2D eigenvalue weighted by Crippen LogP contribution is 2.06. The third kappa shape index (κ3) is 15.7. The molecule has 2 rings (SSSR count). The van der Waals surface area contributed by atoms with Gasteiger partial charge >= 0.3 is 12.2 Å². The number of benzene rings is 2. The van der Waals surface area contributed by atoms with Gasteiger partial charge in [-0.25, -0.2) is 9.59 Å². The Labute approximate surface area is 214 Å². The van der Waals surface area contributed by atoms with E-state index in [9.17, 15) is 9.59 Å². The lowest BCUT2D eigenvalue weighted by Gasteiger charge is -2.07. The summed E-state index contributed by atoms with van der Waals surface area (Å²) in [7, 11) is 0. The van der Waals surface area contributed by atoms with Crippen LogP contribution < -0.4 is 10.6 Å². The van der Waals surface area contributed by atoms with E-state index in [4.69, 9.17) is 19.6 Å². The summed E-state index contributed by atoms with van der Waals surface area (Å²) < 4.78 is 0. The molecule has 0 saturated carbocycles. The van der Waals surface area contributed by atoms with E-state index in [-0.39, 0.29) is 0 Å². The molecule has 0 atom stereocenters. The number of carbonyl (C=O) groups is 2. The van der Waals surface area contributed by atoms with Gasteiger partial charge in [0, 0.05) is 13.1 Å². The minimum atomic E-state index is -0.567. The molecular formula is C28H40N2O6. The normalized spacial score (nSPS) is 10.6. The van der Waals surface area contributed by atoms with Crippen LogP contribution in [0.2, 0.25) is 0 Å². The predicted molar refractivity (Wildman–Crippen MR) is 138 cm³/mol. The second-order valence-corrected chi connectivity index (χ2v) is 8.54. The summed E-state index contributed by atoms with van der Waals surface area (Å²) in [6, 6.07) is 20.5. The minimum absolute atomic E-state index is 0.384. The molecule has 0 spiro atoms. The molecule has 0 aliphatic carbocycles. The third-order valence-corrected chi connectivity index (χ3v) is 5.48. The van der Waals surface area contributed by atoms with E-state index < -0.39 is 12.2 Å². The number of hydrogen-bond donors (Lipinski definition) is 2. The molecule has 0 aliphatic heterocycles. The van der Waals surface area contributed by atoms with Crippen molar-refractivity contribution in [2.24, 2.45) is 0 Å². The lowest BCUT2D eigenvalue weighted by molar-refractivity contribution is -0.239. The van der Waals surface area contributed by atoms with Gasteiger partial charge in [0.1, 0.15) is 0 Å². The highest BCUT2D eigenvalue weighted by Gasteiger charge is 2.04. The lowest BCUT2D eigenvalue weighted by atomic mass is 10.1. The Morgan fingerprint density at radius 3 is 1.36 bits per heavy atom. The van der Waals surface area contributed by atoms with Crippen molar-refractivity contribution in [3.8, 4) is 0 Å². The molecule has 0 saturated heterocycles. The number of aryl methyl sites for hydroxylation is 2. The van der Waals surface area contributed by atoms with E-state index in [1.807, 2.05) is 36.4 Å². The maximum absolute atomic E-state index is 11.6. The molecule has 0 aromatic heterocycles. The van der Waals surface area contributed by atoms with Crippen LogP contribution in [0.3, 0.4) is 0 Å². The van der Waals surface area contributed by atoms with E-state index in [0.29, 0.717) is 26.3 Å². The molecule has 198 valence electrons. The number of nitrogens with one attached hydrogen (secondary N) is 2. The van der Waals surface area contributed by atoms with Crippen molar-refractivity contribution in [1.82, 2.24) is 10.6 Å². The zero-order valence-corrected chi connectivity index (χ0v) is 21.1. The molecule has 2 aromatic carbocycles. The van der Waals surface area contributed by atoms with Gasteiger partial charge in [-0.3, -0.25) is 9.78 Å². The Kier molecular flexibility index (Phi) is 16.3. The molecule has 8 heteroatoms. The summed E-state index contributed by atoms with van der Waals surface area (Å²) >= 11 is 0. The molecule has 0 bridgehead atoms. The minimum Gasteiger partial charge on any atom is -0.319 e. The highest BCUT2D eigenvalue weighted by molar-refractivity contribution is 5.66. The van der Waals surface area contributed by atoms with Gasteiger partial charge in [0.25, 0.3) is 0 Å². The molecule has 0 heterocycles. The Morgan fingerprint density at radius 1 is 0.528 bits per heavy atom.